The van der Waals surface area contributed by atoms with Crippen molar-refractivity contribution in [3.63, 3.8) is 0 Å². The lowest BCUT2D eigenvalue weighted by Gasteiger charge is -2.25. The second-order valence-electron chi connectivity index (χ2n) is 3.61. The normalized spacial score (nSPS) is 15.5. The van der Waals surface area contributed by atoms with Gasteiger partial charge in [0.1, 0.15) is 0 Å². The second-order valence-corrected chi connectivity index (χ2v) is 3.61. The number of carbonyl (C=O) groups is 1. The van der Waals surface area contributed by atoms with Crippen LogP contribution in [0.5, 0.6) is 0 Å². The van der Waals surface area contributed by atoms with Crippen LogP contribution >= 0.6 is 0 Å². The molecule has 0 rings (SSSR count). The zero-order chi connectivity index (χ0) is 10.4. The highest BCUT2D eigenvalue weighted by molar-refractivity contribution is 5.77. The molecule has 4 nitrogen and oxygen atoms in total. The third-order valence-corrected chi connectivity index (χ3v) is 2.49. The molecule has 0 saturated carbocycles. The molecule has 3 N–H and O–H groups in total. The maximum Gasteiger partial charge on any atom is 0.237 e. The highest BCUT2D eigenvalue weighted by atomic mass is 16.2. The number of nitrogens with one attached hydrogen (secondary N) is 1. The van der Waals surface area contributed by atoms with Crippen molar-refractivity contribution in [1.29, 1.82) is 0 Å². The number of carbonyl (C=O) groups excluding carboxylic acids is 1. The van der Waals surface area contributed by atoms with Gasteiger partial charge in [0, 0.05) is 18.5 Å². The monoisotopic (exact) mass is 187 g/mol. The standard InChI is InChI=1S/C9H21N3O/c1-5-8(3)12(4)6-7(2)9(13)11-10/h7-8H,5-6,10H2,1-4H3,(H,11,13). The highest BCUT2D eigenvalue weighted by Crippen LogP contribution is 2.04. The van der Waals surface area contributed by atoms with E-state index in [1.807, 2.05) is 14.0 Å². The van der Waals surface area contributed by atoms with Crippen molar-refractivity contribution in [2.45, 2.75) is 33.2 Å². The van der Waals surface area contributed by atoms with E-state index in [4.69, 9.17) is 5.84 Å². The first-order chi connectivity index (χ1) is 6.02. The molecule has 2 unspecified atom stereocenters. The van der Waals surface area contributed by atoms with Gasteiger partial charge in [-0.2, -0.15) is 0 Å². The van der Waals surface area contributed by atoms with Crippen LogP contribution in [0, 0.1) is 5.92 Å². The lowest BCUT2D eigenvalue weighted by molar-refractivity contribution is -0.125. The third kappa shape index (κ3) is 4.24. The first-order valence-electron chi connectivity index (χ1n) is 4.73. The summed E-state index contributed by atoms with van der Waals surface area (Å²) in [5.74, 6) is 4.89. The Morgan fingerprint density at radius 1 is 1.54 bits per heavy atom. The van der Waals surface area contributed by atoms with Gasteiger partial charge in [-0.25, -0.2) is 5.84 Å². The fraction of sp³-hybridized carbons (Fsp3) is 0.889. The average molecular weight is 187 g/mol. The van der Waals surface area contributed by atoms with Crippen molar-refractivity contribution < 1.29 is 4.79 Å². The Hall–Kier alpha value is -0.610. The summed E-state index contributed by atoms with van der Waals surface area (Å²) in [6.45, 7) is 6.90. The maximum absolute atomic E-state index is 11.1. The van der Waals surface area contributed by atoms with Crippen molar-refractivity contribution in [1.82, 2.24) is 10.3 Å². The van der Waals surface area contributed by atoms with Gasteiger partial charge >= 0.3 is 0 Å². The number of nitrogens with zero attached hydrogens (tertiary/aromatic N) is 1. The van der Waals surface area contributed by atoms with Crippen molar-refractivity contribution in [2.75, 3.05) is 13.6 Å². The maximum atomic E-state index is 11.1. The van der Waals surface area contributed by atoms with E-state index < -0.39 is 0 Å². The lowest BCUT2D eigenvalue weighted by atomic mass is 10.1. The van der Waals surface area contributed by atoms with Crippen LogP contribution in [0.4, 0.5) is 0 Å². The van der Waals surface area contributed by atoms with E-state index >= 15 is 0 Å². The topological polar surface area (TPSA) is 58.4 Å². The minimum Gasteiger partial charge on any atom is -0.303 e. The first-order valence-corrected chi connectivity index (χ1v) is 4.73. The van der Waals surface area contributed by atoms with Gasteiger partial charge in [0.2, 0.25) is 5.91 Å². The van der Waals surface area contributed by atoms with Crippen LogP contribution in [0.1, 0.15) is 27.2 Å². The Morgan fingerprint density at radius 3 is 2.46 bits per heavy atom. The number of rotatable bonds is 5. The summed E-state index contributed by atoms with van der Waals surface area (Å²) in [4.78, 5) is 13.3. The van der Waals surface area contributed by atoms with Crippen LogP contribution in [0.2, 0.25) is 0 Å². The summed E-state index contributed by atoms with van der Waals surface area (Å²) in [5.41, 5.74) is 2.16. The highest BCUT2D eigenvalue weighted by Gasteiger charge is 2.16. The zero-order valence-electron chi connectivity index (χ0n) is 9.00. The van der Waals surface area contributed by atoms with Crippen LogP contribution in [-0.4, -0.2) is 30.4 Å². The van der Waals surface area contributed by atoms with Gasteiger partial charge in [-0.15, -0.1) is 0 Å². The van der Waals surface area contributed by atoms with Crippen molar-refractivity contribution in [2.24, 2.45) is 11.8 Å². The Kier molecular flexibility index (Phi) is 5.66. The Morgan fingerprint density at radius 2 is 2.08 bits per heavy atom. The van der Waals surface area contributed by atoms with Crippen LogP contribution in [-0.2, 0) is 4.79 Å². The molecule has 4 heteroatoms. The molecule has 0 aliphatic heterocycles. The number of hydrazine groups is 1. The molecule has 78 valence electrons. The first kappa shape index (κ1) is 12.4. The third-order valence-electron chi connectivity index (χ3n) is 2.49. The van der Waals surface area contributed by atoms with Crippen LogP contribution < -0.4 is 11.3 Å². The molecule has 0 fully saturated rings. The fourth-order valence-corrected chi connectivity index (χ4v) is 1.15. The molecule has 0 aromatic heterocycles. The molecule has 0 bridgehead atoms. The molecular formula is C9H21N3O. The summed E-state index contributed by atoms with van der Waals surface area (Å²) in [6, 6.07) is 0.507. The van der Waals surface area contributed by atoms with Gasteiger partial charge in [-0.05, 0) is 20.4 Å². The molecule has 0 aliphatic rings. The van der Waals surface area contributed by atoms with Gasteiger partial charge in [0.15, 0.2) is 0 Å². The van der Waals surface area contributed by atoms with E-state index in [1.165, 1.54) is 0 Å². The number of nitrogens with two attached hydrogens (primary N) is 1. The predicted molar refractivity (Wildman–Crippen MR) is 53.9 cm³/mol. The molecule has 1 amide bonds. The van der Waals surface area contributed by atoms with E-state index in [-0.39, 0.29) is 11.8 Å². The minimum absolute atomic E-state index is 0.0519. The molecule has 0 aromatic carbocycles. The van der Waals surface area contributed by atoms with Crippen molar-refractivity contribution in [3.8, 4) is 0 Å². The average Bonchev–Trinajstić information content (AvgIpc) is 2.14. The number of hydrogen-bond acceptors (Lipinski definition) is 3. The van der Waals surface area contributed by atoms with Crippen molar-refractivity contribution >= 4 is 5.91 Å². The fourth-order valence-electron chi connectivity index (χ4n) is 1.15. The molecule has 0 heterocycles. The molecule has 0 radical (unpaired) electrons. The van der Waals surface area contributed by atoms with Gasteiger partial charge in [0.05, 0.1) is 0 Å². The molecule has 0 spiro atoms. The SMILES string of the molecule is CCC(C)N(C)CC(C)C(=O)NN. The van der Waals surface area contributed by atoms with Crippen LogP contribution in [0.3, 0.4) is 0 Å². The van der Waals surface area contributed by atoms with Crippen molar-refractivity contribution in [3.05, 3.63) is 0 Å². The Balaban J connectivity index is 3.90. The molecule has 0 saturated heterocycles. The largest absolute Gasteiger partial charge is 0.303 e. The van der Waals surface area contributed by atoms with Gasteiger partial charge in [-0.3, -0.25) is 10.2 Å². The smallest absolute Gasteiger partial charge is 0.237 e. The van der Waals surface area contributed by atoms with Gasteiger partial charge < -0.3 is 4.90 Å². The minimum atomic E-state index is -0.102. The van der Waals surface area contributed by atoms with Crippen LogP contribution in [0.25, 0.3) is 0 Å². The predicted octanol–water partition coefficient (Wildman–Crippen LogP) is 0.343. The van der Waals surface area contributed by atoms with E-state index in [0.717, 1.165) is 13.0 Å². The summed E-state index contributed by atoms with van der Waals surface area (Å²) in [6.07, 6.45) is 1.09. The van der Waals surface area contributed by atoms with E-state index in [0.29, 0.717) is 6.04 Å². The molecule has 2 atom stereocenters. The molecule has 0 aliphatic carbocycles. The second kappa shape index (κ2) is 5.94. The number of hydrogen-bond donors (Lipinski definition) is 2. The summed E-state index contributed by atoms with van der Waals surface area (Å²) < 4.78 is 0. The van der Waals surface area contributed by atoms with Crippen LogP contribution in [0.15, 0.2) is 0 Å². The summed E-state index contributed by atoms with van der Waals surface area (Å²) in [7, 11) is 2.02. The van der Waals surface area contributed by atoms with Gasteiger partial charge in [-0.1, -0.05) is 13.8 Å². The molecular weight excluding hydrogens is 166 g/mol. The summed E-state index contributed by atoms with van der Waals surface area (Å²) in [5, 5.41) is 0. The Labute approximate surface area is 80.4 Å². The van der Waals surface area contributed by atoms with E-state index in [2.05, 4.69) is 24.2 Å². The van der Waals surface area contributed by atoms with Gasteiger partial charge in [0.25, 0.3) is 0 Å². The zero-order valence-corrected chi connectivity index (χ0v) is 9.00. The molecule has 13 heavy (non-hydrogen) atoms. The Bertz CT molecular complexity index is 161. The number of amides is 1. The lowest BCUT2D eigenvalue weighted by Crippen LogP contribution is -2.41. The van der Waals surface area contributed by atoms with E-state index in [9.17, 15) is 4.79 Å². The summed E-state index contributed by atoms with van der Waals surface area (Å²) >= 11 is 0. The van der Waals surface area contributed by atoms with E-state index in [1.54, 1.807) is 0 Å². The molecule has 0 aromatic rings. The quantitative estimate of drug-likeness (QED) is 0.371.